The number of aromatic nitrogens is 1. The Balaban J connectivity index is 2.44. The molecule has 2 N–H and O–H groups in total. The fraction of sp³-hybridized carbons (Fsp3) is 0.312. The molecule has 0 amide bonds. The maximum atomic E-state index is 5.92. The van der Waals surface area contributed by atoms with Crippen molar-refractivity contribution in [1.82, 2.24) is 4.98 Å². The van der Waals surface area contributed by atoms with Gasteiger partial charge in [-0.3, -0.25) is 0 Å². The first-order valence-electron chi connectivity index (χ1n) is 6.55. The van der Waals surface area contributed by atoms with Gasteiger partial charge in [-0.1, -0.05) is 6.07 Å². The molecule has 0 aliphatic rings. The summed E-state index contributed by atoms with van der Waals surface area (Å²) in [5, 5.41) is 0. The number of nitrogens with zero attached hydrogens (tertiary/aromatic N) is 1. The molecule has 106 valence electrons. The zero-order chi connectivity index (χ0) is 14.7. The van der Waals surface area contributed by atoms with Gasteiger partial charge < -0.3 is 15.2 Å². The zero-order valence-electron chi connectivity index (χ0n) is 12.4. The number of benzene rings is 1. The van der Waals surface area contributed by atoms with E-state index in [-0.39, 0.29) is 0 Å². The summed E-state index contributed by atoms with van der Waals surface area (Å²) in [5.74, 6) is 1.88. The molecule has 1 aromatic carbocycles. The van der Waals surface area contributed by atoms with Crippen molar-refractivity contribution in [3.63, 3.8) is 0 Å². The van der Waals surface area contributed by atoms with Crippen molar-refractivity contribution < 1.29 is 9.47 Å². The first kappa shape index (κ1) is 14.3. The van der Waals surface area contributed by atoms with Gasteiger partial charge in [-0.05, 0) is 50.1 Å². The van der Waals surface area contributed by atoms with Crippen LogP contribution in [0.2, 0.25) is 0 Å². The van der Waals surface area contributed by atoms with Crippen LogP contribution in [0.3, 0.4) is 0 Å². The van der Waals surface area contributed by atoms with Gasteiger partial charge in [-0.25, -0.2) is 4.98 Å². The van der Waals surface area contributed by atoms with Crippen LogP contribution < -0.4 is 15.2 Å². The molecule has 2 rings (SSSR count). The molecular weight excluding hydrogens is 252 g/mol. The van der Waals surface area contributed by atoms with E-state index < -0.39 is 0 Å². The molecule has 0 fully saturated rings. The van der Waals surface area contributed by atoms with Crippen LogP contribution in [0.4, 0.5) is 0 Å². The highest BCUT2D eigenvalue weighted by Crippen LogP contribution is 2.33. The van der Waals surface area contributed by atoms with Gasteiger partial charge in [-0.2, -0.15) is 0 Å². The standard InChI is InChI=1S/C16H20N2O2/c1-10-5-6-14(15(7-10)19-4)20-16-13(9-17)11(2)8-12(3)18-16/h5-8H,9,17H2,1-4H3. The number of hydrogen-bond donors (Lipinski definition) is 1. The fourth-order valence-corrected chi connectivity index (χ4v) is 2.13. The summed E-state index contributed by atoms with van der Waals surface area (Å²) in [4.78, 5) is 4.44. The molecule has 1 heterocycles. The van der Waals surface area contributed by atoms with Crippen LogP contribution in [-0.2, 0) is 6.54 Å². The smallest absolute Gasteiger partial charge is 0.224 e. The third-order valence-corrected chi connectivity index (χ3v) is 3.17. The summed E-state index contributed by atoms with van der Waals surface area (Å²) >= 11 is 0. The maximum absolute atomic E-state index is 5.92. The van der Waals surface area contributed by atoms with E-state index in [9.17, 15) is 0 Å². The molecule has 20 heavy (non-hydrogen) atoms. The molecule has 0 radical (unpaired) electrons. The van der Waals surface area contributed by atoms with Crippen LogP contribution in [-0.4, -0.2) is 12.1 Å². The van der Waals surface area contributed by atoms with Gasteiger partial charge in [0.15, 0.2) is 11.5 Å². The highest BCUT2D eigenvalue weighted by Gasteiger charge is 2.12. The van der Waals surface area contributed by atoms with Crippen LogP contribution in [0.5, 0.6) is 17.4 Å². The van der Waals surface area contributed by atoms with Gasteiger partial charge in [0, 0.05) is 17.8 Å². The second kappa shape index (κ2) is 5.92. The molecule has 0 aliphatic heterocycles. The molecule has 0 aliphatic carbocycles. The molecule has 0 bridgehead atoms. The summed E-state index contributed by atoms with van der Waals surface area (Å²) in [5.41, 5.74) is 9.81. The first-order valence-corrected chi connectivity index (χ1v) is 6.55. The Morgan fingerprint density at radius 2 is 1.85 bits per heavy atom. The van der Waals surface area contributed by atoms with Crippen molar-refractivity contribution in [2.24, 2.45) is 5.73 Å². The minimum Gasteiger partial charge on any atom is -0.493 e. The SMILES string of the molecule is COc1cc(C)ccc1Oc1nc(C)cc(C)c1CN. The topological polar surface area (TPSA) is 57.4 Å². The average Bonchev–Trinajstić information content (AvgIpc) is 2.40. The van der Waals surface area contributed by atoms with E-state index in [0.717, 1.165) is 22.4 Å². The van der Waals surface area contributed by atoms with Crippen molar-refractivity contribution in [2.75, 3.05) is 7.11 Å². The lowest BCUT2D eigenvalue weighted by molar-refractivity contribution is 0.372. The van der Waals surface area contributed by atoms with E-state index in [0.29, 0.717) is 23.9 Å². The van der Waals surface area contributed by atoms with Crippen LogP contribution >= 0.6 is 0 Å². The Labute approximate surface area is 119 Å². The predicted molar refractivity (Wildman–Crippen MR) is 79.4 cm³/mol. The quantitative estimate of drug-likeness (QED) is 0.928. The van der Waals surface area contributed by atoms with Gasteiger partial charge in [0.05, 0.1) is 7.11 Å². The predicted octanol–water partition coefficient (Wildman–Crippen LogP) is 3.27. The molecule has 4 heteroatoms. The van der Waals surface area contributed by atoms with Gasteiger partial charge in [0.1, 0.15) is 0 Å². The summed E-state index contributed by atoms with van der Waals surface area (Å²) in [6.07, 6.45) is 0. The summed E-state index contributed by atoms with van der Waals surface area (Å²) < 4.78 is 11.3. The molecule has 0 unspecified atom stereocenters. The summed E-state index contributed by atoms with van der Waals surface area (Å²) in [7, 11) is 1.63. The third kappa shape index (κ3) is 2.91. The van der Waals surface area contributed by atoms with E-state index >= 15 is 0 Å². The molecule has 0 atom stereocenters. The number of aryl methyl sites for hydroxylation is 3. The van der Waals surface area contributed by atoms with E-state index in [2.05, 4.69) is 4.98 Å². The molecule has 2 aromatic rings. The van der Waals surface area contributed by atoms with E-state index in [1.54, 1.807) is 7.11 Å². The third-order valence-electron chi connectivity index (χ3n) is 3.17. The zero-order valence-corrected chi connectivity index (χ0v) is 12.4. The lowest BCUT2D eigenvalue weighted by atomic mass is 10.1. The monoisotopic (exact) mass is 272 g/mol. The fourth-order valence-electron chi connectivity index (χ4n) is 2.13. The lowest BCUT2D eigenvalue weighted by Crippen LogP contribution is -2.05. The van der Waals surface area contributed by atoms with Crippen molar-refractivity contribution in [2.45, 2.75) is 27.3 Å². The number of hydrogen-bond acceptors (Lipinski definition) is 4. The minimum absolute atomic E-state index is 0.391. The Kier molecular flexibility index (Phi) is 4.25. The Bertz CT molecular complexity index is 624. The van der Waals surface area contributed by atoms with Gasteiger partial charge >= 0.3 is 0 Å². The number of rotatable bonds is 4. The molecule has 0 spiro atoms. The van der Waals surface area contributed by atoms with Gasteiger partial charge in [0.2, 0.25) is 5.88 Å². The highest BCUT2D eigenvalue weighted by atomic mass is 16.5. The Morgan fingerprint density at radius 1 is 1.10 bits per heavy atom. The second-order valence-electron chi connectivity index (χ2n) is 4.82. The van der Waals surface area contributed by atoms with Crippen LogP contribution in [0.15, 0.2) is 24.3 Å². The van der Waals surface area contributed by atoms with Crippen LogP contribution in [0.25, 0.3) is 0 Å². The second-order valence-corrected chi connectivity index (χ2v) is 4.82. The van der Waals surface area contributed by atoms with E-state index in [1.807, 2.05) is 45.0 Å². The largest absolute Gasteiger partial charge is 0.493 e. The highest BCUT2D eigenvalue weighted by molar-refractivity contribution is 5.46. The molecule has 4 nitrogen and oxygen atoms in total. The average molecular weight is 272 g/mol. The van der Waals surface area contributed by atoms with E-state index in [4.69, 9.17) is 15.2 Å². The Hall–Kier alpha value is -2.07. The molecule has 0 saturated carbocycles. The lowest BCUT2D eigenvalue weighted by Gasteiger charge is -2.14. The first-order chi connectivity index (χ1) is 9.55. The normalized spacial score (nSPS) is 10.4. The number of methoxy groups -OCH3 is 1. The van der Waals surface area contributed by atoms with Gasteiger partial charge in [-0.15, -0.1) is 0 Å². The van der Waals surface area contributed by atoms with Crippen LogP contribution in [0.1, 0.15) is 22.4 Å². The number of pyridine rings is 1. The van der Waals surface area contributed by atoms with Crippen molar-refractivity contribution in [3.8, 4) is 17.4 Å². The van der Waals surface area contributed by atoms with Crippen molar-refractivity contribution >= 4 is 0 Å². The summed E-state index contributed by atoms with van der Waals surface area (Å²) in [6.45, 7) is 6.35. The molecule has 1 aromatic heterocycles. The van der Waals surface area contributed by atoms with Crippen LogP contribution in [0, 0.1) is 20.8 Å². The van der Waals surface area contributed by atoms with Crippen molar-refractivity contribution in [3.05, 3.63) is 46.6 Å². The number of nitrogens with two attached hydrogens (primary N) is 1. The Morgan fingerprint density at radius 3 is 2.50 bits per heavy atom. The van der Waals surface area contributed by atoms with Crippen molar-refractivity contribution in [1.29, 1.82) is 0 Å². The van der Waals surface area contributed by atoms with E-state index in [1.165, 1.54) is 0 Å². The molecular formula is C16H20N2O2. The summed E-state index contributed by atoms with van der Waals surface area (Å²) in [6, 6.07) is 7.79. The minimum atomic E-state index is 0.391. The maximum Gasteiger partial charge on any atom is 0.224 e. The van der Waals surface area contributed by atoms with Gasteiger partial charge in [0.25, 0.3) is 0 Å². The number of ether oxygens (including phenoxy) is 2. The molecule has 0 saturated heterocycles.